The quantitative estimate of drug-likeness (QED) is 0.865. The van der Waals surface area contributed by atoms with E-state index < -0.39 is 24.5 Å². The predicted molar refractivity (Wildman–Crippen MR) is 68.2 cm³/mol. The fourth-order valence-electron chi connectivity index (χ4n) is 1.65. The Morgan fingerprint density at radius 2 is 1.84 bits per heavy atom. The summed E-state index contributed by atoms with van der Waals surface area (Å²) in [7, 11) is 0. The average molecular weight is 274 g/mol. The number of benzene rings is 1. The largest absolute Gasteiger partial charge is 0.391 e. The summed E-state index contributed by atoms with van der Waals surface area (Å²) < 4.78 is 36.4. The van der Waals surface area contributed by atoms with Crippen LogP contribution in [-0.2, 0) is 0 Å². The third-order valence-electron chi connectivity index (χ3n) is 2.44. The van der Waals surface area contributed by atoms with Crippen molar-refractivity contribution in [3.63, 3.8) is 0 Å². The lowest BCUT2D eigenvalue weighted by molar-refractivity contribution is -0.138. The second kappa shape index (κ2) is 6.45. The first kappa shape index (κ1) is 15.3. The van der Waals surface area contributed by atoms with Crippen molar-refractivity contribution in [1.82, 2.24) is 5.32 Å². The Bertz CT molecular complexity index is 415. The first-order valence-electron chi connectivity index (χ1n) is 6.03. The minimum absolute atomic E-state index is 0.343. The molecule has 0 saturated carbocycles. The summed E-state index contributed by atoms with van der Waals surface area (Å²) in [5.74, 6) is -0.500. The highest BCUT2D eigenvalue weighted by Crippen LogP contribution is 2.21. The van der Waals surface area contributed by atoms with Crippen molar-refractivity contribution in [3.8, 4) is 0 Å². The predicted octanol–water partition coefficient (Wildman–Crippen LogP) is 3.19. The second-order valence-electron chi connectivity index (χ2n) is 4.30. The molecule has 0 aliphatic rings. The lowest BCUT2D eigenvalue weighted by Gasteiger charge is -2.16. The Hall–Kier alpha value is -1.72. The summed E-state index contributed by atoms with van der Waals surface area (Å²) in [6.45, 7) is 4.03. The summed E-state index contributed by atoms with van der Waals surface area (Å²) in [4.78, 5) is 11.7. The van der Waals surface area contributed by atoms with E-state index in [0.717, 1.165) is 12.2 Å². The van der Waals surface area contributed by atoms with Crippen LogP contribution >= 0.6 is 0 Å². The maximum atomic E-state index is 12.1. The number of nitrogens with one attached hydrogen (secondary N) is 2. The van der Waals surface area contributed by atoms with Gasteiger partial charge in [-0.05, 0) is 38.1 Å². The summed E-state index contributed by atoms with van der Waals surface area (Å²) in [6, 6.07) is 5.64. The standard InChI is InChI=1S/C13H17F3N2O/c1-3-17-11-6-4-10(5-7-11)12(19)18-9(2)8-13(14,15)16/h4-7,9,17H,3,8H2,1-2H3,(H,18,19). The molecule has 106 valence electrons. The molecule has 19 heavy (non-hydrogen) atoms. The summed E-state index contributed by atoms with van der Waals surface area (Å²) in [5, 5.41) is 5.39. The molecule has 1 amide bonds. The molecule has 6 heteroatoms. The molecular weight excluding hydrogens is 257 g/mol. The number of carbonyl (C=O) groups is 1. The van der Waals surface area contributed by atoms with Gasteiger partial charge in [0, 0.05) is 23.8 Å². The number of carbonyl (C=O) groups excluding carboxylic acids is 1. The molecule has 0 fully saturated rings. The summed E-state index contributed by atoms with van der Waals surface area (Å²) >= 11 is 0. The number of rotatable bonds is 5. The molecule has 0 aliphatic carbocycles. The van der Waals surface area contributed by atoms with E-state index in [-0.39, 0.29) is 0 Å². The molecule has 1 aromatic rings. The van der Waals surface area contributed by atoms with Crippen molar-refractivity contribution >= 4 is 11.6 Å². The smallest absolute Gasteiger partial charge is 0.385 e. The number of hydrogen-bond acceptors (Lipinski definition) is 2. The lowest BCUT2D eigenvalue weighted by atomic mass is 10.1. The number of anilines is 1. The van der Waals surface area contributed by atoms with E-state index in [0.29, 0.717) is 5.56 Å². The van der Waals surface area contributed by atoms with E-state index in [1.54, 1.807) is 24.3 Å². The number of halogens is 3. The van der Waals surface area contributed by atoms with Gasteiger partial charge in [0.15, 0.2) is 0 Å². The Labute approximate surface area is 110 Å². The summed E-state index contributed by atoms with van der Waals surface area (Å²) in [5.41, 5.74) is 1.21. The van der Waals surface area contributed by atoms with Crippen molar-refractivity contribution in [3.05, 3.63) is 29.8 Å². The van der Waals surface area contributed by atoms with Crippen LogP contribution in [0.3, 0.4) is 0 Å². The molecule has 0 aromatic heterocycles. The Balaban J connectivity index is 2.58. The van der Waals surface area contributed by atoms with Crippen LogP contribution in [0.25, 0.3) is 0 Å². The fourth-order valence-corrected chi connectivity index (χ4v) is 1.65. The fraction of sp³-hybridized carbons (Fsp3) is 0.462. The van der Waals surface area contributed by atoms with Gasteiger partial charge in [-0.2, -0.15) is 13.2 Å². The van der Waals surface area contributed by atoms with Gasteiger partial charge in [-0.3, -0.25) is 4.79 Å². The van der Waals surface area contributed by atoms with Gasteiger partial charge in [0.25, 0.3) is 5.91 Å². The van der Waals surface area contributed by atoms with Gasteiger partial charge in [0.1, 0.15) is 0 Å². The van der Waals surface area contributed by atoms with E-state index in [2.05, 4.69) is 10.6 Å². The number of amides is 1. The van der Waals surface area contributed by atoms with Crippen molar-refractivity contribution in [2.24, 2.45) is 0 Å². The first-order valence-corrected chi connectivity index (χ1v) is 6.03. The molecule has 0 spiro atoms. The van der Waals surface area contributed by atoms with Crippen LogP contribution in [0.5, 0.6) is 0 Å². The molecule has 0 radical (unpaired) electrons. The van der Waals surface area contributed by atoms with Crippen molar-refractivity contribution in [2.75, 3.05) is 11.9 Å². The lowest BCUT2D eigenvalue weighted by Crippen LogP contribution is -2.35. The van der Waals surface area contributed by atoms with E-state index in [9.17, 15) is 18.0 Å². The second-order valence-corrected chi connectivity index (χ2v) is 4.30. The molecule has 0 aliphatic heterocycles. The van der Waals surface area contributed by atoms with Crippen LogP contribution < -0.4 is 10.6 Å². The topological polar surface area (TPSA) is 41.1 Å². The van der Waals surface area contributed by atoms with Gasteiger partial charge in [0.05, 0.1) is 6.42 Å². The molecular formula is C13H17F3N2O. The highest BCUT2D eigenvalue weighted by Gasteiger charge is 2.30. The molecule has 2 N–H and O–H groups in total. The highest BCUT2D eigenvalue weighted by atomic mass is 19.4. The zero-order chi connectivity index (χ0) is 14.5. The molecule has 3 nitrogen and oxygen atoms in total. The zero-order valence-corrected chi connectivity index (χ0v) is 10.8. The highest BCUT2D eigenvalue weighted by molar-refractivity contribution is 5.94. The van der Waals surface area contributed by atoms with Crippen LogP contribution in [0.2, 0.25) is 0 Å². The van der Waals surface area contributed by atoms with E-state index in [1.165, 1.54) is 6.92 Å². The van der Waals surface area contributed by atoms with E-state index in [4.69, 9.17) is 0 Å². The van der Waals surface area contributed by atoms with Gasteiger partial charge < -0.3 is 10.6 Å². The zero-order valence-electron chi connectivity index (χ0n) is 10.8. The molecule has 1 unspecified atom stereocenters. The molecule has 1 atom stereocenters. The SMILES string of the molecule is CCNc1ccc(C(=O)NC(C)CC(F)(F)F)cc1. The van der Waals surface area contributed by atoms with Gasteiger partial charge in [-0.25, -0.2) is 0 Å². The maximum Gasteiger partial charge on any atom is 0.391 e. The van der Waals surface area contributed by atoms with E-state index in [1.807, 2.05) is 6.92 Å². The van der Waals surface area contributed by atoms with Gasteiger partial charge in [-0.1, -0.05) is 0 Å². The van der Waals surface area contributed by atoms with Gasteiger partial charge >= 0.3 is 6.18 Å². The Morgan fingerprint density at radius 3 is 2.32 bits per heavy atom. The maximum absolute atomic E-state index is 12.1. The van der Waals surface area contributed by atoms with Gasteiger partial charge in [0.2, 0.25) is 0 Å². The van der Waals surface area contributed by atoms with Crippen LogP contribution in [0.4, 0.5) is 18.9 Å². The van der Waals surface area contributed by atoms with Crippen molar-refractivity contribution < 1.29 is 18.0 Å². The molecule has 0 bridgehead atoms. The Kier molecular flexibility index (Phi) is 5.20. The Morgan fingerprint density at radius 1 is 1.26 bits per heavy atom. The normalized spacial score (nSPS) is 12.9. The van der Waals surface area contributed by atoms with Gasteiger partial charge in [-0.15, -0.1) is 0 Å². The minimum atomic E-state index is -4.28. The first-order chi connectivity index (χ1) is 8.81. The van der Waals surface area contributed by atoms with Crippen molar-refractivity contribution in [1.29, 1.82) is 0 Å². The molecule has 0 saturated heterocycles. The number of alkyl halides is 3. The summed E-state index contributed by atoms with van der Waals surface area (Å²) in [6.07, 6.45) is -5.31. The number of hydrogen-bond donors (Lipinski definition) is 2. The van der Waals surface area contributed by atoms with Crippen LogP contribution in [0.15, 0.2) is 24.3 Å². The van der Waals surface area contributed by atoms with Crippen LogP contribution in [-0.4, -0.2) is 24.7 Å². The van der Waals surface area contributed by atoms with E-state index >= 15 is 0 Å². The van der Waals surface area contributed by atoms with Crippen LogP contribution in [0, 0.1) is 0 Å². The minimum Gasteiger partial charge on any atom is -0.385 e. The monoisotopic (exact) mass is 274 g/mol. The van der Waals surface area contributed by atoms with Crippen molar-refractivity contribution in [2.45, 2.75) is 32.5 Å². The third-order valence-corrected chi connectivity index (χ3v) is 2.44. The molecule has 1 aromatic carbocycles. The molecule has 0 heterocycles. The average Bonchev–Trinajstić information content (AvgIpc) is 2.27. The molecule has 1 rings (SSSR count). The third kappa shape index (κ3) is 5.63. The van der Waals surface area contributed by atoms with Crippen LogP contribution in [0.1, 0.15) is 30.6 Å².